The Morgan fingerprint density at radius 3 is 2.39 bits per heavy atom. The van der Waals surface area contributed by atoms with E-state index in [2.05, 4.69) is 64.2 Å². The Balaban J connectivity index is 0. The third-order valence-corrected chi connectivity index (χ3v) is 9.18. The van der Waals surface area contributed by atoms with E-state index in [1.807, 2.05) is 0 Å². The fourth-order valence-corrected chi connectivity index (χ4v) is 7.06. The molecule has 0 amide bonds. The summed E-state index contributed by atoms with van der Waals surface area (Å²) >= 11 is 0. The molecule has 0 aromatic carbocycles. The Kier molecular flexibility index (Phi) is 11.6. The van der Waals surface area contributed by atoms with Gasteiger partial charge >= 0.3 is 21.7 Å². The predicted molar refractivity (Wildman–Crippen MR) is 89.1 cm³/mol. The van der Waals surface area contributed by atoms with Crippen LogP contribution in [0.2, 0.25) is 13.1 Å². The number of hydrogen-bond acceptors (Lipinski definition) is 1. The monoisotopic (exact) mass is 405 g/mol. The average Bonchev–Trinajstić information content (AvgIpc) is 2.92. The maximum atomic E-state index is 6.51. The largest absolute Gasteiger partial charge is 3.00 e. The summed E-state index contributed by atoms with van der Waals surface area (Å²) in [6.45, 7) is 12.3. The van der Waals surface area contributed by atoms with Crippen LogP contribution in [0.15, 0.2) is 40.6 Å². The Bertz CT molecular complexity index is 509. The van der Waals surface area contributed by atoms with Crippen LogP contribution in [0.5, 0.6) is 0 Å². The Hall–Kier alpha value is 0.431. The van der Waals surface area contributed by atoms with Crippen molar-refractivity contribution in [1.29, 1.82) is 0 Å². The SMILES string of the molecule is CCCOC1([Si](C)(C)C2=[C-]CC=C2)CC=C(C)C=C1C.[Cl-].[Cl-].[Ti+3]. The van der Waals surface area contributed by atoms with E-state index in [0.29, 0.717) is 0 Å². The number of rotatable bonds is 5. The molecule has 0 aliphatic heterocycles. The predicted octanol–water partition coefficient (Wildman–Crippen LogP) is -1.07. The quantitative estimate of drug-likeness (QED) is 0.418. The van der Waals surface area contributed by atoms with Crippen LogP contribution in [-0.4, -0.2) is 19.9 Å². The van der Waals surface area contributed by atoms with E-state index >= 15 is 0 Å². The summed E-state index contributed by atoms with van der Waals surface area (Å²) in [5.41, 5.74) is 2.76. The molecule has 0 saturated heterocycles. The van der Waals surface area contributed by atoms with Crippen LogP contribution in [0.25, 0.3) is 0 Å². The molecule has 1 radical (unpaired) electrons. The molecule has 127 valence electrons. The molecular formula is C18H27Cl2OSiTi. The van der Waals surface area contributed by atoms with Gasteiger partial charge in [0.25, 0.3) is 0 Å². The van der Waals surface area contributed by atoms with Crippen molar-refractivity contribution < 1.29 is 51.3 Å². The molecule has 0 bridgehead atoms. The Morgan fingerprint density at radius 1 is 1.26 bits per heavy atom. The number of allylic oxidation sites excluding steroid dienone is 6. The standard InChI is InChI=1S/C18H27OSi.2ClH.Ti/c1-6-13-19-18(12-11-15(2)14-16(18)3)20(4,5)17-9-7-8-10-17;;;/h7,9,11,14H,6,8,12-13H2,1-5H3;2*1H;/q-1;;;+3/p-2. The van der Waals surface area contributed by atoms with E-state index in [1.165, 1.54) is 16.3 Å². The summed E-state index contributed by atoms with van der Waals surface area (Å²) in [5, 5.41) is 1.33. The minimum Gasteiger partial charge on any atom is -1.00 e. The van der Waals surface area contributed by atoms with Crippen molar-refractivity contribution in [3.63, 3.8) is 0 Å². The van der Waals surface area contributed by atoms with E-state index in [9.17, 15) is 0 Å². The maximum Gasteiger partial charge on any atom is 3.00 e. The molecule has 2 aliphatic carbocycles. The van der Waals surface area contributed by atoms with Crippen molar-refractivity contribution in [2.45, 2.75) is 58.4 Å². The molecule has 2 aliphatic rings. The summed E-state index contributed by atoms with van der Waals surface area (Å²) in [6.07, 6.45) is 15.8. The first kappa shape index (κ1) is 25.7. The van der Waals surface area contributed by atoms with Crippen molar-refractivity contribution in [1.82, 2.24) is 0 Å². The summed E-state index contributed by atoms with van der Waals surface area (Å²) in [5.74, 6) is 0. The van der Waals surface area contributed by atoms with E-state index in [4.69, 9.17) is 4.74 Å². The number of ether oxygens (including phenoxy) is 1. The van der Waals surface area contributed by atoms with Gasteiger partial charge in [-0.3, -0.25) is 6.08 Å². The number of hydrogen-bond donors (Lipinski definition) is 0. The van der Waals surface area contributed by atoms with Crippen LogP contribution in [0, 0.1) is 6.08 Å². The zero-order valence-corrected chi connectivity index (χ0v) is 18.9. The summed E-state index contributed by atoms with van der Waals surface area (Å²) in [4.78, 5) is 0. The van der Waals surface area contributed by atoms with Crippen LogP contribution in [0.4, 0.5) is 0 Å². The van der Waals surface area contributed by atoms with E-state index < -0.39 is 8.07 Å². The third kappa shape index (κ3) is 4.96. The van der Waals surface area contributed by atoms with Gasteiger partial charge in [-0.2, -0.15) is 6.08 Å². The fraction of sp³-hybridized carbons (Fsp3) is 0.556. The van der Waals surface area contributed by atoms with Crippen molar-refractivity contribution in [2.75, 3.05) is 6.61 Å². The molecule has 2 rings (SSSR count). The van der Waals surface area contributed by atoms with Gasteiger partial charge in [0.1, 0.15) is 0 Å². The van der Waals surface area contributed by atoms with Gasteiger partial charge in [0.05, 0.1) is 13.3 Å². The fourth-order valence-electron chi connectivity index (χ4n) is 3.41. The smallest absolute Gasteiger partial charge is 1.00 e. The zero-order chi connectivity index (χ0) is 14.8. The molecule has 0 N–H and O–H groups in total. The van der Waals surface area contributed by atoms with Gasteiger partial charge in [0.2, 0.25) is 0 Å². The first-order valence-corrected chi connectivity index (χ1v) is 10.7. The van der Waals surface area contributed by atoms with Crippen LogP contribution in [0.3, 0.4) is 0 Å². The van der Waals surface area contributed by atoms with Gasteiger partial charge in [-0.25, -0.2) is 11.3 Å². The Labute approximate surface area is 170 Å². The molecule has 5 heteroatoms. The first-order valence-electron chi connectivity index (χ1n) is 7.71. The summed E-state index contributed by atoms with van der Waals surface area (Å²) < 4.78 is 6.51. The molecule has 1 unspecified atom stereocenters. The van der Waals surface area contributed by atoms with Gasteiger partial charge in [-0.15, -0.1) is 6.42 Å². The van der Waals surface area contributed by atoms with Gasteiger partial charge in [0.15, 0.2) is 0 Å². The van der Waals surface area contributed by atoms with Crippen molar-refractivity contribution >= 4 is 8.07 Å². The second-order valence-electron chi connectivity index (χ2n) is 6.48. The van der Waals surface area contributed by atoms with E-state index in [0.717, 1.165) is 25.9 Å². The minimum absolute atomic E-state index is 0. The summed E-state index contributed by atoms with van der Waals surface area (Å²) in [6, 6.07) is 0. The normalized spacial score (nSPS) is 22.9. The molecule has 1 nitrogen and oxygen atoms in total. The van der Waals surface area contributed by atoms with Gasteiger partial charge < -0.3 is 29.6 Å². The molecule has 0 heterocycles. The topological polar surface area (TPSA) is 9.23 Å². The molecule has 23 heavy (non-hydrogen) atoms. The van der Waals surface area contributed by atoms with Crippen molar-refractivity contribution in [2.24, 2.45) is 0 Å². The van der Waals surface area contributed by atoms with Gasteiger partial charge in [-0.1, -0.05) is 37.7 Å². The molecule has 0 saturated carbocycles. The average molecular weight is 406 g/mol. The molecule has 0 fully saturated rings. The van der Waals surface area contributed by atoms with Crippen LogP contribution >= 0.6 is 0 Å². The molecule has 0 spiro atoms. The van der Waals surface area contributed by atoms with Gasteiger partial charge in [-0.05, 0) is 32.3 Å². The molecule has 0 aromatic rings. The minimum atomic E-state index is -1.77. The first-order chi connectivity index (χ1) is 9.44. The maximum absolute atomic E-state index is 6.51. The Morgan fingerprint density at radius 2 is 1.91 bits per heavy atom. The van der Waals surface area contributed by atoms with Crippen molar-refractivity contribution in [3.05, 3.63) is 46.7 Å². The second kappa shape index (κ2) is 10.4. The van der Waals surface area contributed by atoms with Crippen LogP contribution < -0.4 is 24.8 Å². The molecular weight excluding hydrogens is 379 g/mol. The van der Waals surface area contributed by atoms with E-state index in [1.54, 1.807) is 0 Å². The molecule has 0 aromatic heterocycles. The third-order valence-electron chi connectivity index (χ3n) is 4.72. The van der Waals surface area contributed by atoms with Gasteiger partial charge in [0, 0.05) is 6.61 Å². The number of halogens is 2. The molecule has 1 atom stereocenters. The van der Waals surface area contributed by atoms with Crippen molar-refractivity contribution in [3.8, 4) is 0 Å². The summed E-state index contributed by atoms with van der Waals surface area (Å²) in [7, 11) is -1.77. The zero-order valence-electron chi connectivity index (χ0n) is 14.8. The van der Waals surface area contributed by atoms with Crippen LogP contribution in [0.1, 0.15) is 40.0 Å². The second-order valence-corrected chi connectivity index (χ2v) is 11.1. The van der Waals surface area contributed by atoms with E-state index in [-0.39, 0.29) is 51.8 Å². The van der Waals surface area contributed by atoms with Crippen LogP contribution in [-0.2, 0) is 26.5 Å².